The number of piperidine rings is 1. The second-order valence-electron chi connectivity index (χ2n) is 14.7. The van der Waals surface area contributed by atoms with Gasteiger partial charge >= 0.3 is 11.8 Å². The Morgan fingerprint density at radius 2 is 1.75 bits per heavy atom. The number of benzene rings is 3. The molecule has 2 fully saturated rings. The van der Waals surface area contributed by atoms with Crippen molar-refractivity contribution in [2.45, 2.75) is 64.0 Å². The zero-order chi connectivity index (χ0) is 35.9. The third-order valence-electron chi connectivity index (χ3n) is 9.79. The summed E-state index contributed by atoms with van der Waals surface area (Å²) in [6.07, 6.45) is 2.53. The first-order valence-electron chi connectivity index (χ1n) is 17.7. The standard InChI is InChI=1S/C39H45N5O7/c1-39(2,3)51-38(48)42-17-15-29(26-8-5-7-24(19-26)25-9-13-31-32(20-25)41-37(47)40-31)30(22-42)36(46)44(27-10-11-27)28-12-14-34-33(21-28)43(16-6-18-49-4)35(45)23-50-34/h5,7-9,12-14,19-21,27,29-30H,6,10-11,15-18,22-23H2,1-4H3,(H2,40,41,47)/t29-,30+/m1/s1. The summed E-state index contributed by atoms with van der Waals surface area (Å²) < 4.78 is 16.8. The summed E-state index contributed by atoms with van der Waals surface area (Å²) in [6, 6.07) is 19.6. The van der Waals surface area contributed by atoms with Crippen LogP contribution >= 0.6 is 0 Å². The summed E-state index contributed by atoms with van der Waals surface area (Å²) in [6.45, 7) is 7.12. The van der Waals surface area contributed by atoms with Crippen LogP contribution in [0.5, 0.6) is 5.75 Å². The van der Waals surface area contributed by atoms with E-state index in [4.69, 9.17) is 14.2 Å². The van der Waals surface area contributed by atoms with Gasteiger partial charge in [-0.1, -0.05) is 30.3 Å². The van der Waals surface area contributed by atoms with Crippen molar-refractivity contribution in [2.75, 3.05) is 49.8 Å². The fourth-order valence-corrected chi connectivity index (χ4v) is 7.24. The molecule has 0 spiro atoms. The Morgan fingerprint density at radius 1 is 0.961 bits per heavy atom. The number of nitrogens with zero attached hydrogens (tertiary/aromatic N) is 3. The number of imidazole rings is 1. The van der Waals surface area contributed by atoms with E-state index in [1.165, 1.54) is 0 Å². The third kappa shape index (κ3) is 7.37. The maximum Gasteiger partial charge on any atom is 0.410 e. The summed E-state index contributed by atoms with van der Waals surface area (Å²) in [5, 5.41) is 0. The molecule has 3 aliphatic rings. The molecule has 3 heterocycles. The number of methoxy groups -OCH3 is 1. The Labute approximate surface area is 296 Å². The quantitative estimate of drug-likeness (QED) is 0.211. The van der Waals surface area contributed by atoms with Gasteiger partial charge in [-0.05, 0) is 99.4 Å². The van der Waals surface area contributed by atoms with Gasteiger partial charge in [-0.2, -0.15) is 0 Å². The number of ether oxygens (including phenoxy) is 3. The molecule has 7 rings (SSSR count). The van der Waals surface area contributed by atoms with E-state index in [0.717, 1.165) is 40.6 Å². The molecule has 1 aliphatic carbocycles. The lowest BCUT2D eigenvalue weighted by Crippen LogP contribution is -2.51. The molecule has 3 aromatic carbocycles. The molecule has 2 atom stereocenters. The maximum absolute atomic E-state index is 15.0. The fourth-order valence-electron chi connectivity index (χ4n) is 7.24. The van der Waals surface area contributed by atoms with Gasteiger partial charge in [-0.15, -0.1) is 0 Å². The molecule has 4 aromatic rings. The minimum absolute atomic E-state index is 0.0109. The molecule has 0 radical (unpaired) electrons. The first kappa shape index (κ1) is 34.4. The van der Waals surface area contributed by atoms with Crippen LogP contribution in [0.3, 0.4) is 0 Å². The van der Waals surface area contributed by atoms with E-state index < -0.39 is 17.6 Å². The highest BCUT2D eigenvalue weighted by atomic mass is 16.6. The van der Waals surface area contributed by atoms with Crippen LogP contribution in [0, 0.1) is 5.92 Å². The van der Waals surface area contributed by atoms with Gasteiger partial charge in [0.15, 0.2) is 6.61 Å². The predicted octanol–water partition coefficient (Wildman–Crippen LogP) is 5.82. The Kier molecular flexibility index (Phi) is 9.36. The number of nitrogens with one attached hydrogen (secondary N) is 2. The number of anilines is 2. The molecule has 1 aromatic heterocycles. The summed E-state index contributed by atoms with van der Waals surface area (Å²) in [4.78, 5) is 64.2. The van der Waals surface area contributed by atoms with Crippen LogP contribution < -0.4 is 20.2 Å². The van der Waals surface area contributed by atoms with Gasteiger partial charge < -0.3 is 38.9 Å². The van der Waals surface area contributed by atoms with Crippen molar-refractivity contribution in [1.82, 2.24) is 14.9 Å². The molecule has 1 saturated carbocycles. The minimum Gasteiger partial charge on any atom is -0.482 e. The Hall–Kier alpha value is -5.10. The van der Waals surface area contributed by atoms with Crippen molar-refractivity contribution >= 4 is 40.3 Å². The molecule has 12 nitrogen and oxygen atoms in total. The van der Waals surface area contributed by atoms with E-state index in [9.17, 15) is 14.4 Å². The molecular weight excluding hydrogens is 650 g/mol. The average Bonchev–Trinajstić information content (AvgIpc) is 3.87. The molecule has 12 heteroatoms. The van der Waals surface area contributed by atoms with Crippen LogP contribution in [0.4, 0.5) is 16.2 Å². The molecule has 51 heavy (non-hydrogen) atoms. The number of hydrogen-bond donors (Lipinski definition) is 2. The van der Waals surface area contributed by atoms with Gasteiger partial charge in [0.05, 0.1) is 22.6 Å². The largest absolute Gasteiger partial charge is 0.482 e. The van der Waals surface area contributed by atoms with Crippen molar-refractivity contribution in [3.63, 3.8) is 0 Å². The Morgan fingerprint density at radius 3 is 2.51 bits per heavy atom. The lowest BCUT2D eigenvalue weighted by atomic mass is 9.78. The van der Waals surface area contributed by atoms with Crippen molar-refractivity contribution < 1.29 is 28.6 Å². The molecule has 3 amide bonds. The fraction of sp³-hybridized carbons (Fsp3) is 0.436. The van der Waals surface area contributed by atoms with E-state index in [1.807, 2.05) is 74.2 Å². The minimum atomic E-state index is -0.676. The van der Waals surface area contributed by atoms with Crippen LogP contribution in [-0.2, 0) is 19.1 Å². The zero-order valence-electron chi connectivity index (χ0n) is 29.6. The van der Waals surface area contributed by atoms with Gasteiger partial charge in [0, 0.05) is 45.1 Å². The number of rotatable bonds is 9. The van der Waals surface area contributed by atoms with Gasteiger partial charge in [-0.25, -0.2) is 9.59 Å². The molecule has 2 aliphatic heterocycles. The van der Waals surface area contributed by atoms with E-state index >= 15 is 4.79 Å². The molecule has 268 valence electrons. The highest BCUT2D eigenvalue weighted by Crippen LogP contribution is 2.43. The van der Waals surface area contributed by atoms with Crippen molar-refractivity contribution in [3.05, 3.63) is 76.7 Å². The number of H-pyrrole nitrogens is 2. The van der Waals surface area contributed by atoms with Gasteiger partial charge in [0.1, 0.15) is 11.4 Å². The van der Waals surface area contributed by atoms with Gasteiger partial charge in [0.2, 0.25) is 5.91 Å². The summed E-state index contributed by atoms with van der Waals surface area (Å²) in [5.41, 5.74) is 4.76. The van der Waals surface area contributed by atoms with Crippen molar-refractivity contribution in [3.8, 4) is 16.9 Å². The number of carbonyl (C=O) groups excluding carboxylic acids is 3. The van der Waals surface area contributed by atoms with E-state index in [2.05, 4.69) is 22.1 Å². The number of aromatic amines is 2. The lowest BCUT2D eigenvalue weighted by Gasteiger charge is -2.41. The second kappa shape index (κ2) is 13.9. The smallest absolute Gasteiger partial charge is 0.410 e. The SMILES string of the molecule is COCCCN1C(=O)COc2ccc(N(C(=O)[C@H]3CN(C(=O)OC(C)(C)C)CC[C@@H]3c3cccc(-c4ccc5[nH]c(=O)[nH]c5c4)c3)C3CC3)cc21. The summed E-state index contributed by atoms with van der Waals surface area (Å²) >= 11 is 0. The first-order valence-corrected chi connectivity index (χ1v) is 17.7. The highest BCUT2D eigenvalue weighted by Gasteiger charge is 2.44. The monoisotopic (exact) mass is 695 g/mol. The van der Waals surface area contributed by atoms with E-state index in [1.54, 1.807) is 16.9 Å². The Balaban J connectivity index is 1.23. The van der Waals surface area contributed by atoms with E-state index in [-0.39, 0.29) is 42.6 Å². The molecule has 0 unspecified atom stereocenters. The number of fused-ring (bicyclic) bond motifs is 2. The van der Waals surface area contributed by atoms with Gasteiger partial charge in [0.25, 0.3) is 5.91 Å². The third-order valence-corrected chi connectivity index (χ3v) is 9.79. The average molecular weight is 696 g/mol. The van der Waals surface area contributed by atoms with Crippen molar-refractivity contribution in [2.24, 2.45) is 5.92 Å². The topological polar surface area (TPSA) is 137 Å². The van der Waals surface area contributed by atoms with Crippen LogP contribution in [0.2, 0.25) is 0 Å². The first-order chi connectivity index (χ1) is 24.5. The van der Waals surface area contributed by atoms with Gasteiger partial charge in [-0.3, -0.25) is 9.59 Å². The van der Waals surface area contributed by atoms with Crippen LogP contribution in [-0.4, -0.2) is 84.4 Å². The number of hydrogen-bond acceptors (Lipinski definition) is 7. The van der Waals surface area contributed by atoms with Crippen LogP contribution in [0.25, 0.3) is 22.2 Å². The number of carbonyl (C=O) groups is 3. The van der Waals surface area contributed by atoms with Crippen LogP contribution in [0.15, 0.2) is 65.5 Å². The molecule has 1 saturated heterocycles. The zero-order valence-corrected chi connectivity index (χ0v) is 29.6. The molecule has 2 N–H and O–H groups in total. The Bertz CT molecular complexity index is 2010. The summed E-state index contributed by atoms with van der Waals surface area (Å²) in [7, 11) is 1.64. The van der Waals surface area contributed by atoms with Crippen LogP contribution in [0.1, 0.15) is 57.9 Å². The number of aromatic nitrogens is 2. The normalized spacial score (nSPS) is 19.1. The lowest BCUT2D eigenvalue weighted by molar-refractivity contribution is -0.124. The highest BCUT2D eigenvalue weighted by molar-refractivity contribution is 6.01. The molecule has 0 bridgehead atoms. The number of likely N-dealkylation sites (tertiary alicyclic amines) is 1. The molecular formula is C39H45N5O7. The predicted molar refractivity (Wildman–Crippen MR) is 194 cm³/mol. The number of amides is 3. The van der Waals surface area contributed by atoms with Crippen molar-refractivity contribution in [1.29, 1.82) is 0 Å². The van der Waals surface area contributed by atoms with E-state index in [0.29, 0.717) is 49.7 Å². The summed E-state index contributed by atoms with van der Waals surface area (Å²) in [5.74, 6) is -0.341. The second-order valence-corrected chi connectivity index (χ2v) is 14.7. The maximum atomic E-state index is 15.0.